The first-order valence-electron chi connectivity index (χ1n) is 4.76. The number of ketones is 1. The standard InChI is InChI=1S/C11H6F3NO3/c12-11(13,14)18-8-3-1-7(2-4-8)9(16)10-15-5-6-17-10/h1-6H. The van der Waals surface area contributed by atoms with E-state index >= 15 is 0 Å². The van der Waals surface area contributed by atoms with Gasteiger partial charge in [0.05, 0.1) is 6.20 Å². The molecule has 0 atom stereocenters. The van der Waals surface area contributed by atoms with Crippen LogP contribution in [-0.4, -0.2) is 17.1 Å². The van der Waals surface area contributed by atoms with E-state index in [2.05, 4.69) is 9.72 Å². The number of oxazole rings is 1. The largest absolute Gasteiger partial charge is 0.573 e. The molecule has 0 radical (unpaired) electrons. The summed E-state index contributed by atoms with van der Waals surface area (Å²) >= 11 is 0. The van der Waals surface area contributed by atoms with Crippen LogP contribution in [0.1, 0.15) is 16.2 Å². The number of carbonyl (C=O) groups excluding carboxylic acids is 1. The number of halogens is 3. The minimum Gasteiger partial charge on any atom is -0.442 e. The molecule has 0 amide bonds. The summed E-state index contributed by atoms with van der Waals surface area (Å²) in [4.78, 5) is 15.3. The average molecular weight is 257 g/mol. The van der Waals surface area contributed by atoms with E-state index in [1.807, 2.05) is 0 Å². The maximum atomic E-state index is 11.9. The molecule has 0 saturated heterocycles. The Morgan fingerprint density at radius 1 is 1.22 bits per heavy atom. The summed E-state index contributed by atoms with van der Waals surface area (Å²) in [6.45, 7) is 0. The van der Waals surface area contributed by atoms with Crippen LogP contribution in [0.15, 0.2) is 41.1 Å². The van der Waals surface area contributed by atoms with Gasteiger partial charge in [-0.1, -0.05) is 0 Å². The number of nitrogens with zero attached hydrogens (tertiary/aromatic N) is 1. The molecule has 0 aliphatic rings. The second kappa shape index (κ2) is 4.52. The van der Waals surface area contributed by atoms with Crippen LogP contribution in [0.5, 0.6) is 5.75 Å². The molecule has 0 N–H and O–H groups in total. The zero-order valence-corrected chi connectivity index (χ0v) is 8.77. The SMILES string of the molecule is O=C(c1ccc(OC(F)(F)F)cc1)c1ncco1. The predicted molar refractivity (Wildman–Crippen MR) is 53.1 cm³/mol. The summed E-state index contributed by atoms with van der Waals surface area (Å²) in [7, 11) is 0. The molecule has 1 heterocycles. The van der Waals surface area contributed by atoms with Crippen molar-refractivity contribution in [3.8, 4) is 5.75 Å². The fraction of sp³-hybridized carbons (Fsp3) is 0.0909. The van der Waals surface area contributed by atoms with Crippen LogP contribution < -0.4 is 4.74 Å². The van der Waals surface area contributed by atoms with Gasteiger partial charge in [0.1, 0.15) is 12.0 Å². The first kappa shape index (κ1) is 12.2. The van der Waals surface area contributed by atoms with Crippen LogP contribution in [0.3, 0.4) is 0 Å². The van der Waals surface area contributed by atoms with Crippen LogP contribution in [0, 0.1) is 0 Å². The molecule has 1 aromatic heterocycles. The molecule has 2 aromatic rings. The Balaban J connectivity index is 2.15. The molecular weight excluding hydrogens is 251 g/mol. The molecule has 18 heavy (non-hydrogen) atoms. The van der Waals surface area contributed by atoms with Crippen LogP contribution >= 0.6 is 0 Å². The third kappa shape index (κ3) is 2.88. The second-order valence-electron chi connectivity index (χ2n) is 3.24. The number of hydrogen-bond acceptors (Lipinski definition) is 4. The lowest BCUT2D eigenvalue weighted by molar-refractivity contribution is -0.274. The molecule has 0 saturated carbocycles. The van der Waals surface area contributed by atoms with Crippen molar-refractivity contribution < 1.29 is 27.1 Å². The number of rotatable bonds is 3. The molecule has 7 heteroatoms. The molecule has 0 aliphatic heterocycles. The number of hydrogen-bond donors (Lipinski definition) is 0. The van der Waals surface area contributed by atoms with E-state index in [1.165, 1.54) is 24.6 Å². The second-order valence-corrected chi connectivity index (χ2v) is 3.24. The lowest BCUT2D eigenvalue weighted by atomic mass is 10.1. The van der Waals surface area contributed by atoms with Crippen LogP contribution in [0.2, 0.25) is 0 Å². The molecule has 0 aliphatic carbocycles. The molecule has 1 aromatic carbocycles. The Morgan fingerprint density at radius 2 is 1.89 bits per heavy atom. The lowest BCUT2D eigenvalue weighted by Crippen LogP contribution is -2.17. The number of benzene rings is 1. The quantitative estimate of drug-likeness (QED) is 0.793. The third-order valence-electron chi connectivity index (χ3n) is 1.98. The molecule has 94 valence electrons. The van der Waals surface area contributed by atoms with Gasteiger partial charge in [0.25, 0.3) is 5.89 Å². The van der Waals surface area contributed by atoms with Gasteiger partial charge >= 0.3 is 6.36 Å². The normalized spacial score (nSPS) is 11.3. The molecule has 4 nitrogen and oxygen atoms in total. The highest BCUT2D eigenvalue weighted by molar-refractivity contribution is 6.05. The van der Waals surface area contributed by atoms with Crippen molar-refractivity contribution in [1.82, 2.24) is 4.98 Å². The van der Waals surface area contributed by atoms with Gasteiger partial charge in [0.2, 0.25) is 5.78 Å². The van der Waals surface area contributed by atoms with E-state index in [0.29, 0.717) is 0 Å². The van der Waals surface area contributed by atoms with Crippen molar-refractivity contribution in [1.29, 1.82) is 0 Å². The van der Waals surface area contributed by atoms with Crippen molar-refractivity contribution in [2.75, 3.05) is 0 Å². The van der Waals surface area contributed by atoms with E-state index in [-0.39, 0.29) is 11.5 Å². The number of aromatic nitrogens is 1. The van der Waals surface area contributed by atoms with Gasteiger partial charge in [-0.15, -0.1) is 13.2 Å². The van der Waals surface area contributed by atoms with E-state index in [9.17, 15) is 18.0 Å². The summed E-state index contributed by atoms with van der Waals surface area (Å²) in [5, 5.41) is 0. The molecule has 0 spiro atoms. The highest BCUT2D eigenvalue weighted by Crippen LogP contribution is 2.23. The van der Waals surface area contributed by atoms with Gasteiger partial charge < -0.3 is 9.15 Å². The highest BCUT2D eigenvalue weighted by atomic mass is 19.4. The van der Waals surface area contributed by atoms with Gasteiger partial charge in [0, 0.05) is 5.56 Å². The monoisotopic (exact) mass is 257 g/mol. The van der Waals surface area contributed by atoms with Gasteiger partial charge in [-0.3, -0.25) is 4.79 Å². The van der Waals surface area contributed by atoms with Crippen LogP contribution in [0.25, 0.3) is 0 Å². The fourth-order valence-electron chi connectivity index (χ4n) is 1.27. The molecule has 0 bridgehead atoms. The summed E-state index contributed by atoms with van der Waals surface area (Å²) in [5.74, 6) is -1.04. The smallest absolute Gasteiger partial charge is 0.442 e. The summed E-state index contributed by atoms with van der Waals surface area (Å²) in [5.41, 5.74) is 0.159. The Labute approximate surface area is 99.0 Å². The minimum absolute atomic E-state index is 0.125. The number of ether oxygens (including phenoxy) is 1. The fourth-order valence-corrected chi connectivity index (χ4v) is 1.27. The maximum absolute atomic E-state index is 11.9. The van der Waals surface area contributed by atoms with E-state index in [1.54, 1.807) is 0 Å². The van der Waals surface area contributed by atoms with Crippen molar-refractivity contribution in [3.63, 3.8) is 0 Å². The van der Waals surface area contributed by atoms with Crippen molar-refractivity contribution in [3.05, 3.63) is 48.2 Å². The van der Waals surface area contributed by atoms with Gasteiger partial charge in [-0.05, 0) is 24.3 Å². The maximum Gasteiger partial charge on any atom is 0.573 e. The zero-order valence-electron chi connectivity index (χ0n) is 8.77. The Kier molecular flexibility index (Phi) is 3.05. The zero-order chi connectivity index (χ0) is 13.2. The van der Waals surface area contributed by atoms with Crippen LogP contribution in [-0.2, 0) is 0 Å². The third-order valence-corrected chi connectivity index (χ3v) is 1.98. The average Bonchev–Trinajstić information content (AvgIpc) is 2.80. The summed E-state index contributed by atoms with van der Waals surface area (Å²) < 4.78 is 44.2. The predicted octanol–water partition coefficient (Wildman–Crippen LogP) is 2.80. The first-order valence-corrected chi connectivity index (χ1v) is 4.76. The Hall–Kier alpha value is -2.31. The Bertz CT molecular complexity index is 532. The molecule has 0 fully saturated rings. The molecule has 2 rings (SSSR count). The Morgan fingerprint density at radius 3 is 2.39 bits per heavy atom. The first-order chi connectivity index (χ1) is 8.46. The van der Waals surface area contributed by atoms with Gasteiger partial charge in [-0.25, -0.2) is 4.98 Å². The minimum atomic E-state index is -4.76. The number of carbonyl (C=O) groups is 1. The van der Waals surface area contributed by atoms with Gasteiger partial charge in [-0.2, -0.15) is 0 Å². The van der Waals surface area contributed by atoms with E-state index < -0.39 is 17.9 Å². The van der Waals surface area contributed by atoms with E-state index in [4.69, 9.17) is 4.42 Å². The van der Waals surface area contributed by atoms with Crippen LogP contribution in [0.4, 0.5) is 13.2 Å². The topological polar surface area (TPSA) is 52.3 Å². The van der Waals surface area contributed by atoms with Crippen molar-refractivity contribution in [2.45, 2.75) is 6.36 Å². The van der Waals surface area contributed by atoms with Gasteiger partial charge in [0.15, 0.2) is 0 Å². The van der Waals surface area contributed by atoms with Crippen molar-refractivity contribution >= 4 is 5.78 Å². The summed E-state index contributed by atoms with van der Waals surface area (Å²) in [6.07, 6.45) is -2.23. The molecular formula is C11H6F3NO3. The number of alkyl halides is 3. The van der Waals surface area contributed by atoms with E-state index in [0.717, 1.165) is 12.1 Å². The summed E-state index contributed by atoms with van der Waals surface area (Å²) in [6, 6.07) is 4.49. The lowest BCUT2D eigenvalue weighted by Gasteiger charge is -2.08. The molecule has 0 unspecified atom stereocenters. The highest BCUT2D eigenvalue weighted by Gasteiger charge is 2.31. The van der Waals surface area contributed by atoms with Crippen molar-refractivity contribution in [2.24, 2.45) is 0 Å².